The minimum Gasteiger partial charge on any atom is -0.308 e. The molecule has 1 aliphatic carbocycles. The molecule has 2 rings (SSSR count). The Morgan fingerprint density at radius 1 is 1.35 bits per heavy atom. The number of nitriles is 1. The molecule has 0 aliphatic heterocycles. The smallest absolute Gasteiger partial charge is 0.0672 e. The van der Waals surface area contributed by atoms with Gasteiger partial charge in [-0.05, 0) is 31.9 Å². The Morgan fingerprint density at radius 2 is 2.18 bits per heavy atom. The number of hydrogen-bond donors (Lipinski definition) is 1. The van der Waals surface area contributed by atoms with Crippen LogP contribution in [0.15, 0.2) is 12.1 Å². The van der Waals surface area contributed by atoms with Crippen molar-refractivity contribution >= 4 is 11.3 Å². The summed E-state index contributed by atoms with van der Waals surface area (Å²) in [5.41, 5.74) is 0. The monoisotopic (exact) mass is 248 g/mol. The van der Waals surface area contributed by atoms with Crippen LogP contribution < -0.4 is 5.32 Å². The normalized spacial score (nSPS) is 25.2. The Morgan fingerprint density at radius 3 is 2.88 bits per heavy atom. The molecule has 0 bridgehead atoms. The van der Waals surface area contributed by atoms with Crippen molar-refractivity contribution in [1.82, 2.24) is 5.32 Å². The van der Waals surface area contributed by atoms with Gasteiger partial charge in [0, 0.05) is 22.3 Å². The molecule has 1 N–H and O–H groups in total. The molecular weight excluding hydrogens is 228 g/mol. The Bertz CT molecular complexity index is 391. The molecule has 1 heterocycles. The highest BCUT2D eigenvalue weighted by Gasteiger charge is 2.22. The lowest BCUT2D eigenvalue weighted by Gasteiger charge is -2.20. The molecule has 2 atom stereocenters. The van der Waals surface area contributed by atoms with E-state index in [1.54, 1.807) is 0 Å². The number of hydrogen-bond acceptors (Lipinski definition) is 3. The average Bonchev–Trinajstić information content (AvgIpc) is 2.63. The van der Waals surface area contributed by atoms with Gasteiger partial charge in [-0.15, -0.1) is 11.3 Å². The lowest BCUT2D eigenvalue weighted by atomic mass is 9.96. The van der Waals surface area contributed by atoms with Gasteiger partial charge >= 0.3 is 0 Å². The van der Waals surface area contributed by atoms with Gasteiger partial charge < -0.3 is 5.32 Å². The lowest BCUT2D eigenvalue weighted by molar-refractivity contribution is 0.395. The molecule has 17 heavy (non-hydrogen) atoms. The van der Waals surface area contributed by atoms with Crippen molar-refractivity contribution in [3.63, 3.8) is 0 Å². The summed E-state index contributed by atoms with van der Waals surface area (Å²) in [7, 11) is 0. The molecule has 1 aromatic heterocycles. The molecule has 1 fully saturated rings. The van der Waals surface area contributed by atoms with E-state index < -0.39 is 0 Å². The van der Waals surface area contributed by atoms with Crippen molar-refractivity contribution < 1.29 is 0 Å². The van der Waals surface area contributed by atoms with Gasteiger partial charge in [0.25, 0.3) is 0 Å². The van der Waals surface area contributed by atoms with Crippen LogP contribution in [-0.2, 0) is 6.54 Å². The van der Waals surface area contributed by atoms with E-state index in [2.05, 4.69) is 30.4 Å². The zero-order valence-corrected chi connectivity index (χ0v) is 11.2. The van der Waals surface area contributed by atoms with Crippen LogP contribution in [0.5, 0.6) is 0 Å². The van der Waals surface area contributed by atoms with Gasteiger partial charge in [-0.2, -0.15) is 5.26 Å². The van der Waals surface area contributed by atoms with E-state index in [4.69, 9.17) is 0 Å². The van der Waals surface area contributed by atoms with Gasteiger partial charge in [-0.25, -0.2) is 0 Å². The first-order chi connectivity index (χ1) is 8.29. The number of nitrogens with one attached hydrogen (secondary N) is 1. The second-order valence-electron chi connectivity index (χ2n) is 4.87. The number of thiophene rings is 1. The van der Waals surface area contributed by atoms with Crippen molar-refractivity contribution in [2.75, 3.05) is 0 Å². The van der Waals surface area contributed by atoms with Crippen molar-refractivity contribution in [2.24, 2.45) is 5.92 Å². The van der Waals surface area contributed by atoms with Crippen LogP contribution in [0.4, 0.5) is 0 Å². The fourth-order valence-corrected chi connectivity index (χ4v) is 3.36. The summed E-state index contributed by atoms with van der Waals surface area (Å²) in [5, 5.41) is 12.8. The summed E-state index contributed by atoms with van der Waals surface area (Å²) < 4.78 is 0. The quantitative estimate of drug-likeness (QED) is 0.829. The highest BCUT2D eigenvalue weighted by Crippen LogP contribution is 2.24. The largest absolute Gasteiger partial charge is 0.308 e. The Hall–Kier alpha value is -0.850. The average molecular weight is 248 g/mol. The van der Waals surface area contributed by atoms with Crippen molar-refractivity contribution in [3.05, 3.63) is 21.9 Å². The van der Waals surface area contributed by atoms with E-state index in [1.807, 2.05) is 11.3 Å². The minimum absolute atomic E-state index is 0.207. The molecule has 0 amide bonds. The maximum absolute atomic E-state index is 9.20. The van der Waals surface area contributed by atoms with Gasteiger partial charge in [0.15, 0.2) is 0 Å². The van der Waals surface area contributed by atoms with Gasteiger partial charge in [0.1, 0.15) is 0 Å². The zero-order valence-electron chi connectivity index (χ0n) is 10.4. The Kier molecular flexibility index (Phi) is 4.58. The number of aryl methyl sites for hydroxylation is 1. The van der Waals surface area contributed by atoms with E-state index in [1.165, 1.54) is 29.0 Å². The van der Waals surface area contributed by atoms with Crippen molar-refractivity contribution in [1.29, 1.82) is 5.26 Å². The first-order valence-electron chi connectivity index (χ1n) is 6.48. The van der Waals surface area contributed by atoms with Gasteiger partial charge in [0.05, 0.1) is 12.0 Å². The third-order valence-corrected chi connectivity index (χ3v) is 4.52. The highest BCUT2D eigenvalue weighted by molar-refractivity contribution is 7.11. The molecule has 0 spiro atoms. The summed E-state index contributed by atoms with van der Waals surface area (Å²) in [6, 6.07) is 7.22. The maximum Gasteiger partial charge on any atom is 0.0672 e. The molecule has 3 heteroatoms. The molecule has 0 saturated heterocycles. The van der Waals surface area contributed by atoms with Crippen LogP contribution in [0.1, 0.15) is 41.9 Å². The van der Waals surface area contributed by atoms with Crippen LogP contribution >= 0.6 is 11.3 Å². The van der Waals surface area contributed by atoms with Crippen LogP contribution in [0.2, 0.25) is 0 Å². The van der Waals surface area contributed by atoms with Crippen LogP contribution in [0.3, 0.4) is 0 Å². The third kappa shape index (κ3) is 3.55. The first-order valence-corrected chi connectivity index (χ1v) is 7.29. The third-order valence-electron chi connectivity index (χ3n) is 3.52. The summed E-state index contributed by atoms with van der Waals surface area (Å²) in [4.78, 5) is 2.74. The fourth-order valence-electron chi connectivity index (χ4n) is 2.52. The molecule has 0 radical (unpaired) electrons. The summed E-state index contributed by atoms with van der Waals surface area (Å²) in [6.45, 7) is 3.05. The molecule has 1 aromatic rings. The summed E-state index contributed by atoms with van der Waals surface area (Å²) in [5.74, 6) is 0.207. The fraction of sp³-hybridized carbons (Fsp3) is 0.643. The highest BCUT2D eigenvalue weighted by atomic mass is 32.1. The molecule has 0 aromatic carbocycles. The second kappa shape index (κ2) is 6.18. The Labute approximate surface area is 108 Å². The Balaban J connectivity index is 1.90. The van der Waals surface area contributed by atoms with Crippen molar-refractivity contribution in [2.45, 2.75) is 51.6 Å². The molecule has 1 aliphatic rings. The lowest BCUT2D eigenvalue weighted by Crippen LogP contribution is -2.34. The summed E-state index contributed by atoms with van der Waals surface area (Å²) >= 11 is 1.84. The van der Waals surface area contributed by atoms with Gasteiger partial charge in [0.2, 0.25) is 0 Å². The topological polar surface area (TPSA) is 35.8 Å². The van der Waals surface area contributed by atoms with E-state index in [0.29, 0.717) is 6.04 Å². The van der Waals surface area contributed by atoms with Crippen LogP contribution in [0, 0.1) is 24.2 Å². The molecule has 92 valence electrons. The van der Waals surface area contributed by atoms with Gasteiger partial charge in [-0.1, -0.05) is 19.3 Å². The van der Waals surface area contributed by atoms with E-state index in [-0.39, 0.29) is 5.92 Å². The van der Waals surface area contributed by atoms with Crippen LogP contribution in [-0.4, -0.2) is 6.04 Å². The van der Waals surface area contributed by atoms with Crippen LogP contribution in [0.25, 0.3) is 0 Å². The predicted octanol–water partition coefficient (Wildman–Crippen LogP) is 3.62. The number of nitrogens with zero attached hydrogens (tertiary/aromatic N) is 1. The summed E-state index contributed by atoms with van der Waals surface area (Å²) in [6.07, 6.45) is 5.99. The second-order valence-corrected chi connectivity index (χ2v) is 6.25. The number of rotatable bonds is 3. The molecular formula is C14H20N2S. The predicted molar refractivity (Wildman–Crippen MR) is 71.9 cm³/mol. The zero-order chi connectivity index (χ0) is 12.1. The molecule has 2 nitrogen and oxygen atoms in total. The van der Waals surface area contributed by atoms with E-state index in [9.17, 15) is 5.26 Å². The minimum atomic E-state index is 0.207. The van der Waals surface area contributed by atoms with E-state index in [0.717, 1.165) is 19.4 Å². The first kappa shape index (κ1) is 12.6. The van der Waals surface area contributed by atoms with Crippen molar-refractivity contribution in [3.8, 4) is 6.07 Å². The molecule has 2 unspecified atom stereocenters. The SMILES string of the molecule is Cc1ccc(CNC2CCCCCC2C#N)s1. The van der Waals surface area contributed by atoms with Gasteiger partial charge in [-0.3, -0.25) is 0 Å². The standard InChI is InChI=1S/C14H20N2S/c1-11-7-8-13(17-11)10-16-14-6-4-2-3-5-12(14)9-15/h7-8,12,14,16H,2-6,10H2,1H3. The van der Waals surface area contributed by atoms with E-state index >= 15 is 0 Å². The maximum atomic E-state index is 9.20. The molecule has 1 saturated carbocycles.